The van der Waals surface area contributed by atoms with Crippen LogP contribution in [0.25, 0.3) is 0 Å². The maximum absolute atomic E-state index is 13.3. The van der Waals surface area contributed by atoms with Gasteiger partial charge in [-0.25, -0.2) is 56.5 Å². The van der Waals surface area contributed by atoms with E-state index in [1.165, 1.54) is 72.8 Å². The molecule has 510 valence electrons. The monoisotopic (exact) mass is 1600 g/mol. The molecule has 2 aliphatic rings. The Morgan fingerprint density at radius 2 is 0.989 bits per heavy atom. The summed E-state index contributed by atoms with van der Waals surface area (Å²) in [5.41, 5.74) is 2.25. The van der Waals surface area contributed by atoms with Gasteiger partial charge in [0.15, 0.2) is 5.78 Å². The van der Waals surface area contributed by atoms with E-state index in [1.54, 1.807) is 64.4 Å². The number of halogens is 9. The van der Waals surface area contributed by atoms with Crippen molar-refractivity contribution in [3.05, 3.63) is 269 Å². The predicted octanol–water partition coefficient (Wildman–Crippen LogP) is 17.1. The molecule has 0 aromatic heterocycles. The Morgan fingerprint density at radius 3 is 1.27 bits per heavy atom. The van der Waals surface area contributed by atoms with Gasteiger partial charge in [0.05, 0.1) is 23.7 Å². The van der Waals surface area contributed by atoms with Crippen LogP contribution in [0.5, 0.6) is 0 Å². The summed E-state index contributed by atoms with van der Waals surface area (Å²) in [5.74, 6) is -0.670. The molecule has 0 spiro atoms. The number of ether oxygens (including phenoxy) is 2. The van der Waals surface area contributed by atoms with Gasteiger partial charge in [0.25, 0.3) is 0 Å². The second kappa shape index (κ2) is 49.7. The first-order valence-corrected chi connectivity index (χ1v) is 30.8. The molecular weight excluding hydrogens is 1510 g/mol. The zero-order valence-corrected chi connectivity index (χ0v) is 63.2. The van der Waals surface area contributed by atoms with Crippen LogP contribution in [0, 0.1) is 30.2 Å². The Morgan fingerprint density at radius 1 is 0.649 bits per heavy atom. The third-order valence-corrected chi connectivity index (χ3v) is 15.5. The van der Waals surface area contributed by atoms with Crippen molar-refractivity contribution in [2.45, 2.75) is 115 Å². The number of carbonyl (C=O) groups is 3. The maximum atomic E-state index is 13.3. The van der Waals surface area contributed by atoms with Crippen molar-refractivity contribution < 1.29 is 68.3 Å². The van der Waals surface area contributed by atoms with E-state index < -0.39 is 16.8 Å². The molecular formula is C71H86Br3Cl2F4MgN3O7S3. The zero-order valence-electron chi connectivity index (χ0n) is 52.6. The SMILES string of the molecule is C.C=CCC(O)(CCCl)c1ccc(F)cc1.C=CC[C@@]1(c2ccc(F)cc2)CCN([C@@H](C)c2ccc(Br)cc2)C(=O)O1.C=CC[C@]1(c2ccc(F)cc2)CCN([C@@H](C)c2ccc(Br)cc2)C(=O)O1.C=C[CH2-].CC(C)N=C=O.O=C(CCCl)c1ccc(F)cc1.S.S.S.[Br-].[Mg+2]. The summed E-state index contributed by atoms with van der Waals surface area (Å²) in [4.78, 5) is 52.8. The molecule has 10 nitrogen and oxygen atoms in total. The van der Waals surface area contributed by atoms with Gasteiger partial charge >= 0.3 is 35.2 Å². The number of Topliss-reactive ketones (excluding diaryl/α,β-unsaturated/α-hetero) is 1. The largest absolute Gasteiger partial charge is 2.00 e. The average Bonchev–Trinajstić information content (AvgIpc) is 0.808. The van der Waals surface area contributed by atoms with Gasteiger partial charge in [-0.15, -0.1) is 42.9 Å². The van der Waals surface area contributed by atoms with Gasteiger partial charge in [0.2, 0.25) is 6.08 Å². The van der Waals surface area contributed by atoms with Crippen LogP contribution in [0.2, 0.25) is 0 Å². The Kier molecular flexibility index (Phi) is 50.6. The molecule has 1 N–H and O–H groups in total. The number of nitrogens with zero attached hydrogens (tertiary/aromatic N) is 3. The van der Waals surface area contributed by atoms with Gasteiger partial charge in [-0.1, -0.05) is 118 Å². The molecule has 1 unspecified atom stereocenters. The molecule has 2 amide bonds. The fraction of sp³-hybridized carbons (Fsp3) is 0.310. The summed E-state index contributed by atoms with van der Waals surface area (Å²) < 4.78 is 65.5. The number of allylic oxidation sites excluding steroid dienone is 1. The molecule has 0 radical (unpaired) electrons. The zero-order chi connectivity index (χ0) is 65.5. The van der Waals surface area contributed by atoms with Crippen molar-refractivity contribution >= 4 is 143 Å². The number of aliphatic imine (C=N–C) groups is 1. The summed E-state index contributed by atoms with van der Waals surface area (Å²) in [7, 11) is 0. The van der Waals surface area contributed by atoms with Crippen LogP contribution < -0.4 is 17.0 Å². The molecule has 0 aliphatic carbocycles. The van der Waals surface area contributed by atoms with E-state index in [9.17, 15) is 41.8 Å². The normalized spacial score (nSPS) is 15.9. The van der Waals surface area contributed by atoms with E-state index in [0.29, 0.717) is 80.9 Å². The molecule has 2 saturated heterocycles. The Bertz CT molecular complexity index is 3090. The summed E-state index contributed by atoms with van der Waals surface area (Å²) in [5, 5.41) is 10.3. The topological polar surface area (TPSA) is 126 Å². The number of alkyl halides is 2. The van der Waals surface area contributed by atoms with Crippen LogP contribution in [0.15, 0.2) is 210 Å². The summed E-state index contributed by atoms with van der Waals surface area (Å²) >= 11 is 17.9. The van der Waals surface area contributed by atoms with Crippen LogP contribution in [-0.4, -0.2) is 92.9 Å². The summed E-state index contributed by atoms with van der Waals surface area (Å²) in [6, 6.07) is 39.3. The molecule has 0 bridgehead atoms. The number of ketones is 1. The second-order valence-electron chi connectivity index (χ2n) is 20.5. The smallest absolute Gasteiger partial charge is 1.00 e. The number of hydrogen-bond donors (Lipinski definition) is 1. The van der Waals surface area contributed by atoms with Gasteiger partial charge < -0.3 is 41.4 Å². The van der Waals surface area contributed by atoms with Gasteiger partial charge in [0.1, 0.15) is 34.5 Å². The van der Waals surface area contributed by atoms with Gasteiger partial charge in [0, 0.05) is 71.5 Å². The van der Waals surface area contributed by atoms with Crippen molar-refractivity contribution in [3.8, 4) is 0 Å². The summed E-state index contributed by atoms with van der Waals surface area (Å²) in [6.07, 6.45) is 10.7. The molecule has 6 aromatic rings. The second-order valence-corrected chi connectivity index (χ2v) is 23.1. The number of isocyanates is 1. The summed E-state index contributed by atoms with van der Waals surface area (Å²) in [6.45, 7) is 26.4. The van der Waals surface area contributed by atoms with Crippen molar-refractivity contribution in [2.24, 2.45) is 4.99 Å². The van der Waals surface area contributed by atoms with Gasteiger partial charge in [-0.3, -0.25) is 4.79 Å². The first kappa shape index (κ1) is 95.6. The Balaban J connectivity index is -0.000000557. The first-order chi connectivity index (χ1) is 41.9. The van der Waals surface area contributed by atoms with Crippen LogP contribution in [0.4, 0.5) is 27.2 Å². The molecule has 2 heterocycles. The molecule has 8 rings (SSSR count). The molecule has 94 heavy (non-hydrogen) atoms. The molecule has 2 aliphatic heterocycles. The maximum Gasteiger partial charge on any atom is 2.00 e. The first-order valence-electron chi connectivity index (χ1n) is 28.2. The van der Waals surface area contributed by atoms with Crippen LogP contribution in [-0.2, 0) is 31.1 Å². The van der Waals surface area contributed by atoms with E-state index in [1.807, 2.05) is 76.2 Å². The van der Waals surface area contributed by atoms with E-state index in [4.69, 9.17) is 32.7 Å². The standard InChI is InChI=1S/2C21H21BrFNO2.C12H14ClFO.C9H8ClFO.C4H7NO.C3H5.CH4.BrH.Mg.3H2S/c2*1-3-12-21(17-6-10-19(23)11-7-17)13-14-24(20(25)26-21)15(2)16-4-8-18(22)9-5-16;1-2-7-12(15,8-9-13)10-3-5-11(14)6-4-10;10-6-5-9(12)7-1-3-8(11)4-2-7;1-4(2)5-3-6;1-3-2;;;;;;/h2*3-11,15H,1,12-14H2,2H3;2-6,15H,1,7-9H2;1-4H,5-6H2;4H,1-2H3;3H,1-2H2;1H4;1H;;3*1H2/q;;;;;-1;;;+2;;;/p-1/t15-,21+;15-,21-;;;;;;;;;;/m00........../s1. The predicted molar refractivity (Wildman–Crippen MR) is 395 cm³/mol. The third kappa shape index (κ3) is 30.8. The van der Waals surface area contributed by atoms with E-state index >= 15 is 0 Å². The number of aliphatic hydroxyl groups is 1. The van der Waals surface area contributed by atoms with Crippen LogP contribution in [0.3, 0.4) is 0 Å². The fourth-order valence-corrected chi connectivity index (χ4v) is 10.3. The molecule has 0 saturated carbocycles. The Hall–Kier alpha value is -4.74. The third-order valence-electron chi connectivity index (χ3n) is 14.0. The molecule has 5 atom stereocenters. The number of rotatable bonds is 19. The van der Waals surface area contributed by atoms with Crippen molar-refractivity contribution in [2.75, 3.05) is 24.8 Å². The Labute approximate surface area is 628 Å². The van der Waals surface area contributed by atoms with Crippen LogP contribution in [0.1, 0.15) is 130 Å². The van der Waals surface area contributed by atoms with E-state index in [0.717, 1.165) is 31.2 Å². The quantitative estimate of drug-likeness (QED) is 0.0125. The van der Waals surface area contributed by atoms with Gasteiger partial charge in [-0.2, -0.15) is 40.5 Å². The van der Waals surface area contributed by atoms with Crippen molar-refractivity contribution in [1.29, 1.82) is 0 Å². The number of hydrogen-bond acceptors (Lipinski definition) is 8. The molecule has 6 aromatic carbocycles. The van der Waals surface area contributed by atoms with Gasteiger partial charge in [-0.05, 0) is 153 Å². The fourth-order valence-electron chi connectivity index (χ4n) is 9.28. The molecule has 2 fully saturated rings. The van der Waals surface area contributed by atoms with Crippen molar-refractivity contribution in [3.63, 3.8) is 0 Å². The average molecular weight is 1600 g/mol. The number of carbonyl (C=O) groups excluding carboxylic acids is 4. The number of amides is 2. The minimum Gasteiger partial charge on any atom is -1.00 e. The molecule has 23 heteroatoms. The van der Waals surface area contributed by atoms with Crippen LogP contribution >= 0.6 is 95.5 Å². The number of cyclic esters (lactones) is 2. The minimum atomic E-state index is -1.03. The van der Waals surface area contributed by atoms with Crippen molar-refractivity contribution in [1.82, 2.24) is 9.80 Å². The van der Waals surface area contributed by atoms with E-state index in [2.05, 4.69) is 70.1 Å². The minimum absolute atomic E-state index is 0. The van der Waals surface area contributed by atoms with E-state index in [-0.39, 0.29) is 147 Å². The number of benzene rings is 6.